The van der Waals surface area contributed by atoms with E-state index in [1.807, 2.05) is 90.0 Å². The average Bonchev–Trinajstić information content (AvgIpc) is 2.67. The average molecular weight is 669 g/mol. The van der Waals surface area contributed by atoms with E-state index in [1.165, 1.54) is 0 Å². The van der Waals surface area contributed by atoms with Gasteiger partial charge in [0.05, 0.1) is 6.42 Å². The minimum Gasteiger partial charge on any atom is -0.460 e. The molecule has 0 saturated carbocycles. The van der Waals surface area contributed by atoms with E-state index in [1.54, 1.807) is 13.8 Å². The van der Waals surface area contributed by atoms with E-state index in [-0.39, 0.29) is 50.2 Å². The van der Waals surface area contributed by atoms with Gasteiger partial charge >= 0.3 is 5.97 Å². The topological polar surface area (TPSA) is 94.6 Å². The smallest absolute Gasteiger partial charge is 0.306 e. The van der Waals surface area contributed by atoms with Crippen molar-refractivity contribution in [1.29, 1.82) is 0 Å². The molecule has 0 aromatic rings. The van der Waals surface area contributed by atoms with Gasteiger partial charge in [-0.2, -0.15) is 0 Å². The number of rotatable bonds is 8. The SMILES string of the molecule is C=C(C)C(=O)CC(C)(C)C.CC(=O)CC(C)(C)C.CC(C)(C)CC(=O)OC(C)(C)C.CC(C)(C)CC=O.CCCC(=O)CC(C)(C)C. The van der Waals surface area contributed by atoms with Crippen LogP contribution in [0.3, 0.4) is 0 Å². The summed E-state index contributed by atoms with van der Waals surface area (Å²) in [5, 5.41) is 0. The lowest BCUT2D eigenvalue weighted by Gasteiger charge is -2.23. The highest BCUT2D eigenvalue weighted by molar-refractivity contribution is 5.94. The molecule has 0 rings (SSSR count). The maximum absolute atomic E-state index is 11.3. The number of carbonyl (C=O) groups is 5. The molecule has 0 fully saturated rings. The van der Waals surface area contributed by atoms with Crippen molar-refractivity contribution in [3.63, 3.8) is 0 Å². The van der Waals surface area contributed by atoms with Crippen molar-refractivity contribution < 1.29 is 28.7 Å². The van der Waals surface area contributed by atoms with Gasteiger partial charge in [0, 0.05) is 32.1 Å². The van der Waals surface area contributed by atoms with Crippen LogP contribution in [0.1, 0.15) is 190 Å². The molecule has 0 amide bonds. The van der Waals surface area contributed by atoms with E-state index in [2.05, 4.69) is 48.1 Å². The van der Waals surface area contributed by atoms with Gasteiger partial charge < -0.3 is 14.3 Å². The molecule has 280 valence electrons. The van der Waals surface area contributed by atoms with Crippen molar-refractivity contribution in [2.75, 3.05) is 0 Å². The predicted octanol–water partition coefficient (Wildman–Crippen LogP) is 11.8. The standard InChI is InChI=1S/C10H20O2.C9H16O.C9H18O.C7H14O.C6H12O/c1-9(2,3)7-8(11)12-10(4,5)6;1-7(2)8(10)6-9(3,4)5;1-5-6-8(10)7-9(2,3)4;1-6(8)5-7(2,3)4;1-6(2,3)4-5-7/h7H2,1-6H3;1,6H2,2-5H3;5-7H2,1-4H3;5H2,1-4H3;5H,4H2,1-3H3. The number of carbonyl (C=O) groups excluding carboxylic acids is 5. The Hall–Kier alpha value is -2.11. The van der Waals surface area contributed by atoms with Crippen molar-refractivity contribution in [3.05, 3.63) is 12.2 Å². The highest BCUT2D eigenvalue weighted by Crippen LogP contribution is 2.22. The Labute approximate surface area is 293 Å². The largest absolute Gasteiger partial charge is 0.460 e. The number of allylic oxidation sites excluding steroid dienone is 1. The Balaban J connectivity index is -0.000000158. The molecule has 0 aliphatic rings. The summed E-state index contributed by atoms with van der Waals surface area (Å²) in [6, 6.07) is 0. The summed E-state index contributed by atoms with van der Waals surface area (Å²) in [6.45, 7) is 45.5. The number of hydrogen-bond donors (Lipinski definition) is 0. The molecule has 0 heterocycles. The first-order valence-electron chi connectivity index (χ1n) is 17.2. The molecule has 6 heteroatoms. The molecule has 0 spiro atoms. The van der Waals surface area contributed by atoms with Gasteiger partial charge in [-0.25, -0.2) is 0 Å². The van der Waals surface area contributed by atoms with Crippen LogP contribution in [-0.2, 0) is 28.7 Å². The predicted molar refractivity (Wildman–Crippen MR) is 203 cm³/mol. The van der Waals surface area contributed by atoms with Gasteiger partial charge in [-0.3, -0.25) is 14.4 Å². The fourth-order valence-corrected chi connectivity index (χ4v) is 3.40. The molecule has 0 aliphatic heterocycles. The van der Waals surface area contributed by atoms with Gasteiger partial charge in [-0.15, -0.1) is 0 Å². The molecular formula is C41H80O6. The maximum atomic E-state index is 11.3. The first-order valence-corrected chi connectivity index (χ1v) is 17.2. The van der Waals surface area contributed by atoms with E-state index in [0.29, 0.717) is 37.0 Å². The number of hydrogen-bond acceptors (Lipinski definition) is 6. The fraction of sp³-hybridized carbons (Fsp3) is 0.829. The van der Waals surface area contributed by atoms with Crippen LogP contribution in [0.2, 0.25) is 0 Å². The van der Waals surface area contributed by atoms with E-state index in [0.717, 1.165) is 25.5 Å². The summed E-state index contributed by atoms with van der Waals surface area (Å²) < 4.78 is 5.17. The highest BCUT2D eigenvalue weighted by atomic mass is 16.6. The highest BCUT2D eigenvalue weighted by Gasteiger charge is 2.22. The second-order valence-electron chi connectivity index (χ2n) is 19.7. The quantitative estimate of drug-likeness (QED) is 0.145. The molecule has 0 bridgehead atoms. The van der Waals surface area contributed by atoms with Gasteiger partial charge in [0.1, 0.15) is 23.5 Å². The lowest BCUT2D eigenvalue weighted by molar-refractivity contribution is -0.157. The van der Waals surface area contributed by atoms with Crippen molar-refractivity contribution in [1.82, 2.24) is 0 Å². The van der Waals surface area contributed by atoms with Crippen molar-refractivity contribution in [3.8, 4) is 0 Å². The molecule has 0 aromatic heterocycles. The Bertz CT molecular complexity index is 894. The lowest BCUT2D eigenvalue weighted by Crippen LogP contribution is -2.26. The summed E-state index contributed by atoms with van der Waals surface area (Å²) in [5.41, 5.74) is 0.940. The number of aldehydes is 1. The number of ether oxygens (including phenoxy) is 1. The summed E-state index contributed by atoms with van der Waals surface area (Å²) in [7, 11) is 0. The lowest BCUT2D eigenvalue weighted by atomic mass is 9.88. The second kappa shape index (κ2) is 24.1. The zero-order chi connectivity index (χ0) is 39.3. The van der Waals surface area contributed by atoms with Crippen molar-refractivity contribution >= 4 is 29.6 Å². The van der Waals surface area contributed by atoms with Crippen LogP contribution in [0, 0.1) is 27.1 Å². The molecule has 0 atom stereocenters. The third-order valence-electron chi connectivity index (χ3n) is 4.99. The fourth-order valence-electron chi connectivity index (χ4n) is 3.40. The number of esters is 1. The van der Waals surface area contributed by atoms with Crippen molar-refractivity contribution in [2.24, 2.45) is 27.1 Å². The van der Waals surface area contributed by atoms with Crippen LogP contribution in [0.5, 0.6) is 0 Å². The van der Waals surface area contributed by atoms with E-state index in [9.17, 15) is 24.0 Å². The number of Topliss-reactive ketones (excluding diaryl/α,β-unsaturated/α-hetero) is 3. The zero-order valence-electron chi connectivity index (χ0n) is 35.2. The molecular weight excluding hydrogens is 588 g/mol. The summed E-state index contributed by atoms with van der Waals surface area (Å²) in [4.78, 5) is 53.6. The summed E-state index contributed by atoms with van der Waals surface area (Å²) in [6.07, 6.45) is 5.83. The third kappa shape index (κ3) is 67.1. The molecule has 0 radical (unpaired) electrons. The summed E-state index contributed by atoms with van der Waals surface area (Å²) >= 11 is 0. The maximum Gasteiger partial charge on any atom is 0.306 e. The molecule has 0 unspecified atom stereocenters. The normalized spacial score (nSPS) is 11.8. The van der Waals surface area contributed by atoms with Crippen LogP contribution in [0.4, 0.5) is 0 Å². The van der Waals surface area contributed by atoms with Crippen LogP contribution in [0.25, 0.3) is 0 Å². The zero-order valence-corrected chi connectivity index (χ0v) is 35.2. The van der Waals surface area contributed by atoms with Gasteiger partial charge in [-0.05, 0) is 73.7 Å². The van der Waals surface area contributed by atoms with Gasteiger partial charge in [-0.1, -0.05) is 117 Å². The van der Waals surface area contributed by atoms with Crippen molar-refractivity contribution in [2.45, 2.75) is 196 Å². The molecule has 0 aromatic carbocycles. The van der Waals surface area contributed by atoms with Gasteiger partial charge in [0.2, 0.25) is 0 Å². The van der Waals surface area contributed by atoms with Crippen LogP contribution in [-0.4, -0.2) is 35.2 Å². The monoisotopic (exact) mass is 669 g/mol. The molecule has 0 aliphatic carbocycles. The Morgan fingerprint density at radius 3 is 1.09 bits per heavy atom. The van der Waals surface area contributed by atoms with Crippen LogP contribution in [0.15, 0.2) is 12.2 Å². The summed E-state index contributed by atoms with van der Waals surface area (Å²) in [5.74, 6) is 0.731. The van der Waals surface area contributed by atoms with E-state index >= 15 is 0 Å². The number of ketones is 3. The molecule has 6 nitrogen and oxygen atoms in total. The Morgan fingerprint density at radius 2 is 0.936 bits per heavy atom. The first kappa shape index (κ1) is 54.3. The minimum atomic E-state index is -0.359. The Kier molecular flexibility index (Phi) is 27.9. The van der Waals surface area contributed by atoms with Gasteiger partial charge in [0.25, 0.3) is 0 Å². The molecule has 47 heavy (non-hydrogen) atoms. The Morgan fingerprint density at radius 1 is 0.574 bits per heavy atom. The van der Waals surface area contributed by atoms with E-state index in [4.69, 9.17) is 4.74 Å². The molecule has 0 saturated heterocycles. The van der Waals surface area contributed by atoms with E-state index < -0.39 is 0 Å². The van der Waals surface area contributed by atoms with Crippen LogP contribution < -0.4 is 0 Å². The third-order valence-corrected chi connectivity index (χ3v) is 4.99. The second-order valence-corrected chi connectivity index (χ2v) is 19.7. The molecule has 0 N–H and O–H groups in total. The minimum absolute atomic E-state index is 0.0162. The first-order chi connectivity index (χ1) is 20.4. The van der Waals surface area contributed by atoms with Crippen LogP contribution >= 0.6 is 0 Å². The van der Waals surface area contributed by atoms with Gasteiger partial charge in [0.15, 0.2) is 5.78 Å².